The number of hydrogen-bond acceptors (Lipinski definition) is 3. The maximum atomic E-state index is 6.06. The van der Waals surface area contributed by atoms with Crippen LogP contribution in [0, 0.1) is 0 Å². The molecular formula is C12H11ClN2S. The number of pyridine rings is 1. The molecule has 0 saturated heterocycles. The molecule has 4 heteroatoms. The third-order valence-electron chi connectivity index (χ3n) is 2.08. The Morgan fingerprint density at radius 2 is 2.00 bits per heavy atom. The zero-order valence-electron chi connectivity index (χ0n) is 8.56. The third kappa shape index (κ3) is 2.76. The lowest BCUT2D eigenvalue weighted by atomic mass is 10.3. The first-order chi connectivity index (χ1) is 7.79. The van der Waals surface area contributed by atoms with E-state index in [0.717, 1.165) is 20.5 Å². The van der Waals surface area contributed by atoms with E-state index in [0.29, 0.717) is 6.54 Å². The van der Waals surface area contributed by atoms with E-state index >= 15 is 0 Å². The van der Waals surface area contributed by atoms with Crippen molar-refractivity contribution in [3.63, 3.8) is 0 Å². The topological polar surface area (TPSA) is 38.9 Å². The van der Waals surface area contributed by atoms with Crippen molar-refractivity contribution in [2.75, 3.05) is 0 Å². The summed E-state index contributed by atoms with van der Waals surface area (Å²) in [6, 6.07) is 11.7. The minimum atomic E-state index is 0.518. The van der Waals surface area contributed by atoms with Crippen LogP contribution in [0.5, 0.6) is 0 Å². The van der Waals surface area contributed by atoms with Gasteiger partial charge in [0.1, 0.15) is 5.03 Å². The zero-order valence-corrected chi connectivity index (χ0v) is 10.1. The molecule has 0 aliphatic rings. The second kappa shape index (κ2) is 5.34. The summed E-state index contributed by atoms with van der Waals surface area (Å²) in [4.78, 5) is 5.32. The van der Waals surface area contributed by atoms with Crippen molar-refractivity contribution in [2.24, 2.45) is 5.73 Å². The average Bonchev–Trinajstić information content (AvgIpc) is 2.33. The summed E-state index contributed by atoms with van der Waals surface area (Å²) in [5.74, 6) is 0. The summed E-state index contributed by atoms with van der Waals surface area (Å²) in [5, 5.41) is 1.67. The first-order valence-electron chi connectivity index (χ1n) is 4.87. The van der Waals surface area contributed by atoms with Gasteiger partial charge in [0.05, 0.1) is 5.02 Å². The fourth-order valence-corrected chi connectivity index (χ4v) is 2.26. The van der Waals surface area contributed by atoms with Gasteiger partial charge in [0.15, 0.2) is 0 Å². The number of hydrogen-bond donors (Lipinski definition) is 1. The number of nitrogens with zero attached hydrogens (tertiary/aromatic N) is 1. The molecule has 0 atom stereocenters. The molecule has 2 N–H and O–H groups in total. The van der Waals surface area contributed by atoms with E-state index in [1.54, 1.807) is 18.0 Å². The summed E-state index contributed by atoms with van der Waals surface area (Å²) in [7, 11) is 0. The predicted molar refractivity (Wildman–Crippen MR) is 67.7 cm³/mol. The van der Waals surface area contributed by atoms with E-state index in [2.05, 4.69) is 4.98 Å². The minimum absolute atomic E-state index is 0.518. The fraction of sp³-hybridized carbons (Fsp3) is 0.0833. The zero-order chi connectivity index (χ0) is 11.4. The van der Waals surface area contributed by atoms with Crippen molar-refractivity contribution in [3.8, 4) is 0 Å². The molecule has 2 aromatic rings. The van der Waals surface area contributed by atoms with Crippen molar-refractivity contribution >= 4 is 23.4 Å². The largest absolute Gasteiger partial charge is 0.326 e. The van der Waals surface area contributed by atoms with Crippen LogP contribution in [0.2, 0.25) is 5.02 Å². The summed E-state index contributed by atoms with van der Waals surface area (Å²) in [5.41, 5.74) is 6.54. The summed E-state index contributed by atoms with van der Waals surface area (Å²) < 4.78 is 0. The second-order valence-corrected chi connectivity index (χ2v) is 4.71. The number of rotatable bonds is 3. The molecule has 0 bridgehead atoms. The molecule has 2 rings (SSSR count). The van der Waals surface area contributed by atoms with Crippen LogP contribution in [0.4, 0.5) is 0 Å². The Balaban J connectivity index is 2.18. The summed E-state index contributed by atoms with van der Waals surface area (Å²) in [6.45, 7) is 0.518. The van der Waals surface area contributed by atoms with Gasteiger partial charge in [-0.2, -0.15) is 0 Å². The highest BCUT2D eigenvalue weighted by Crippen LogP contribution is 2.31. The highest BCUT2D eigenvalue weighted by atomic mass is 35.5. The Morgan fingerprint density at radius 3 is 2.62 bits per heavy atom. The average molecular weight is 251 g/mol. The van der Waals surface area contributed by atoms with E-state index < -0.39 is 0 Å². The molecule has 0 unspecified atom stereocenters. The summed E-state index contributed by atoms with van der Waals surface area (Å²) in [6.07, 6.45) is 1.79. The monoisotopic (exact) mass is 250 g/mol. The molecular weight excluding hydrogens is 240 g/mol. The molecule has 82 valence electrons. The molecule has 0 saturated carbocycles. The van der Waals surface area contributed by atoms with Crippen LogP contribution < -0.4 is 5.73 Å². The van der Waals surface area contributed by atoms with E-state index in [4.69, 9.17) is 17.3 Å². The van der Waals surface area contributed by atoms with Crippen LogP contribution in [0.3, 0.4) is 0 Å². The summed E-state index contributed by atoms with van der Waals surface area (Å²) >= 11 is 7.61. The van der Waals surface area contributed by atoms with E-state index in [-0.39, 0.29) is 0 Å². The van der Waals surface area contributed by atoms with Gasteiger partial charge in [0.25, 0.3) is 0 Å². The van der Waals surface area contributed by atoms with Gasteiger partial charge in [0, 0.05) is 17.6 Å². The number of aromatic nitrogens is 1. The van der Waals surface area contributed by atoms with Crippen LogP contribution in [0.25, 0.3) is 0 Å². The van der Waals surface area contributed by atoms with E-state index in [9.17, 15) is 0 Å². The molecule has 0 amide bonds. The molecule has 1 aromatic heterocycles. The van der Waals surface area contributed by atoms with Crippen LogP contribution >= 0.6 is 23.4 Å². The lowest BCUT2D eigenvalue weighted by Crippen LogP contribution is -1.96. The van der Waals surface area contributed by atoms with Crippen LogP contribution in [0.1, 0.15) is 5.56 Å². The van der Waals surface area contributed by atoms with Crippen molar-refractivity contribution in [1.29, 1.82) is 0 Å². The molecule has 0 spiro atoms. The Labute approximate surface area is 104 Å². The highest BCUT2D eigenvalue weighted by Gasteiger charge is 2.02. The van der Waals surface area contributed by atoms with Crippen LogP contribution in [-0.4, -0.2) is 4.98 Å². The van der Waals surface area contributed by atoms with E-state index in [1.807, 2.05) is 36.4 Å². The first kappa shape index (κ1) is 11.5. The number of halogens is 1. The van der Waals surface area contributed by atoms with Gasteiger partial charge in [-0.3, -0.25) is 0 Å². The number of benzene rings is 1. The van der Waals surface area contributed by atoms with E-state index in [1.165, 1.54) is 0 Å². The molecule has 2 nitrogen and oxygen atoms in total. The predicted octanol–water partition coefficient (Wildman–Crippen LogP) is 3.34. The Morgan fingerprint density at radius 1 is 1.19 bits per heavy atom. The standard InChI is InChI=1S/C12H11ClN2S/c13-10-3-1-2-4-11(10)16-12-6-5-9(7-14)8-15-12/h1-6,8H,7,14H2. The van der Waals surface area contributed by atoms with Gasteiger partial charge in [-0.1, -0.05) is 41.6 Å². The maximum absolute atomic E-state index is 6.06. The van der Waals surface area contributed by atoms with Crippen LogP contribution in [0.15, 0.2) is 52.5 Å². The minimum Gasteiger partial charge on any atom is -0.326 e. The molecule has 0 aliphatic heterocycles. The number of nitrogens with two attached hydrogens (primary N) is 1. The quantitative estimate of drug-likeness (QED) is 0.908. The lowest BCUT2D eigenvalue weighted by molar-refractivity contribution is 1.01. The van der Waals surface area contributed by atoms with Crippen molar-refractivity contribution in [3.05, 3.63) is 53.2 Å². The Bertz CT molecular complexity index is 471. The SMILES string of the molecule is NCc1ccc(Sc2ccccc2Cl)nc1. The molecule has 1 heterocycles. The Hall–Kier alpha value is -1.03. The van der Waals surface area contributed by atoms with Gasteiger partial charge in [-0.05, 0) is 23.8 Å². The normalized spacial score (nSPS) is 10.4. The van der Waals surface area contributed by atoms with Crippen molar-refractivity contribution in [1.82, 2.24) is 4.98 Å². The molecule has 0 fully saturated rings. The van der Waals surface area contributed by atoms with Gasteiger partial charge in [-0.15, -0.1) is 0 Å². The maximum Gasteiger partial charge on any atom is 0.101 e. The van der Waals surface area contributed by atoms with Crippen molar-refractivity contribution in [2.45, 2.75) is 16.5 Å². The molecule has 0 radical (unpaired) electrons. The smallest absolute Gasteiger partial charge is 0.101 e. The molecule has 1 aromatic carbocycles. The first-order valence-corrected chi connectivity index (χ1v) is 6.06. The lowest BCUT2D eigenvalue weighted by Gasteiger charge is -2.03. The van der Waals surface area contributed by atoms with Gasteiger partial charge in [-0.25, -0.2) is 4.98 Å². The molecule has 0 aliphatic carbocycles. The van der Waals surface area contributed by atoms with Gasteiger partial charge >= 0.3 is 0 Å². The molecule has 16 heavy (non-hydrogen) atoms. The second-order valence-electron chi connectivity index (χ2n) is 3.24. The van der Waals surface area contributed by atoms with Gasteiger partial charge < -0.3 is 5.73 Å². The van der Waals surface area contributed by atoms with Crippen molar-refractivity contribution < 1.29 is 0 Å². The fourth-order valence-electron chi connectivity index (χ4n) is 1.23. The highest BCUT2D eigenvalue weighted by molar-refractivity contribution is 7.99. The third-order valence-corrected chi connectivity index (χ3v) is 3.55. The Kier molecular flexibility index (Phi) is 3.83. The van der Waals surface area contributed by atoms with Gasteiger partial charge in [0.2, 0.25) is 0 Å². The van der Waals surface area contributed by atoms with Crippen LogP contribution in [-0.2, 0) is 6.54 Å².